The number of fused-ring (bicyclic) bond motifs is 2. The highest BCUT2D eigenvalue weighted by atomic mass is 16.5. The summed E-state index contributed by atoms with van der Waals surface area (Å²) in [6.07, 6.45) is 0. The molecule has 3 heterocycles. The van der Waals surface area contributed by atoms with Crippen LogP contribution in [0.3, 0.4) is 0 Å². The summed E-state index contributed by atoms with van der Waals surface area (Å²) in [6, 6.07) is 36.3. The quantitative estimate of drug-likeness (QED) is 0.150. The normalized spacial score (nSPS) is 12.6. The zero-order valence-electron chi connectivity index (χ0n) is 38.2. The van der Waals surface area contributed by atoms with Crippen LogP contribution in [-0.4, -0.2) is 50.6 Å². The third-order valence-electron chi connectivity index (χ3n) is 11.5. The van der Waals surface area contributed by atoms with Gasteiger partial charge in [-0.25, -0.2) is 0 Å². The van der Waals surface area contributed by atoms with E-state index in [-0.39, 0.29) is 21.7 Å². The van der Waals surface area contributed by atoms with Crippen LogP contribution in [0.25, 0.3) is 65.2 Å². The zero-order chi connectivity index (χ0) is 43.4. The van der Waals surface area contributed by atoms with E-state index in [2.05, 4.69) is 166 Å². The van der Waals surface area contributed by atoms with Gasteiger partial charge in [0.1, 0.15) is 24.7 Å². The predicted molar refractivity (Wildman–Crippen MR) is 252 cm³/mol. The SMILES string of the molecule is COCCOc1cc#cc2cc(C(C)(C)C)cc3c4cc(C(C)(C)C)cc(c#ccc(OCCOC)c5cc(C(C)(C)C)cc6c7cc(C(C)(C)C)cc1c7[nH]c56)c4[nH]c23. The van der Waals surface area contributed by atoms with Gasteiger partial charge in [-0.2, -0.15) is 0 Å². The van der Waals surface area contributed by atoms with Gasteiger partial charge in [-0.1, -0.05) is 107 Å². The first-order chi connectivity index (χ1) is 28.2. The van der Waals surface area contributed by atoms with Crippen molar-refractivity contribution in [1.29, 1.82) is 0 Å². The van der Waals surface area contributed by atoms with Gasteiger partial charge in [0.25, 0.3) is 0 Å². The molecule has 3 aromatic heterocycles. The summed E-state index contributed by atoms with van der Waals surface area (Å²) >= 11 is 0. The number of methoxy groups -OCH3 is 2. The molecule has 0 unspecified atom stereocenters. The molecule has 0 saturated carbocycles. The molecule has 0 aliphatic rings. The highest BCUT2D eigenvalue weighted by Gasteiger charge is 2.24. The first-order valence-corrected chi connectivity index (χ1v) is 21.2. The van der Waals surface area contributed by atoms with Crippen molar-refractivity contribution in [3.05, 3.63) is 107 Å². The molecular weight excluding hydrogens is 741 g/mol. The lowest BCUT2D eigenvalue weighted by atomic mass is 9.84. The predicted octanol–water partition coefficient (Wildman–Crippen LogP) is 13.4. The zero-order valence-corrected chi connectivity index (χ0v) is 38.2. The smallest absolute Gasteiger partial charge is 0.137 e. The molecule has 0 atom stereocenters. The van der Waals surface area contributed by atoms with Crippen molar-refractivity contribution in [3.8, 4) is 11.5 Å². The Morgan fingerprint density at radius 3 is 1.03 bits per heavy atom. The van der Waals surface area contributed by atoms with E-state index >= 15 is 0 Å². The summed E-state index contributed by atoms with van der Waals surface area (Å²) in [5.74, 6) is 1.35. The second-order valence-electron chi connectivity index (χ2n) is 20.3. The van der Waals surface area contributed by atoms with Crippen molar-refractivity contribution in [2.24, 2.45) is 0 Å². The fourth-order valence-electron chi connectivity index (χ4n) is 7.75. The van der Waals surface area contributed by atoms with Crippen LogP contribution in [0.5, 0.6) is 11.5 Å². The topological polar surface area (TPSA) is 68.5 Å². The molecule has 0 fully saturated rings. The van der Waals surface area contributed by atoms with Crippen LogP contribution in [-0.2, 0) is 31.1 Å². The first kappa shape index (κ1) is 42.7. The van der Waals surface area contributed by atoms with E-state index in [1.807, 2.05) is 12.1 Å². The van der Waals surface area contributed by atoms with Gasteiger partial charge in [-0.3, -0.25) is 0 Å². The number of hydrogen-bond acceptors (Lipinski definition) is 4. The van der Waals surface area contributed by atoms with Crippen molar-refractivity contribution in [1.82, 2.24) is 9.97 Å². The Balaban J connectivity index is 1.76. The Morgan fingerprint density at radius 2 is 0.700 bits per heavy atom. The maximum absolute atomic E-state index is 6.64. The van der Waals surface area contributed by atoms with Gasteiger partial charge in [0.2, 0.25) is 0 Å². The van der Waals surface area contributed by atoms with E-state index in [4.69, 9.17) is 18.9 Å². The molecule has 0 aliphatic heterocycles. The van der Waals surface area contributed by atoms with Gasteiger partial charge in [0.05, 0.1) is 35.3 Å². The van der Waals surface area contributed by atoms with Gasteiger partial charge in [0.15, 0.2) is 0 Å². The highest BCUT2D eigenvalue weighted by molar-refractivity contribution is 6.19. The van der Waals surface area contributed by atoms with Gasteiger partial charge >= 0.3 is 0 Å². The molecule has 4 bridgehead atoms. The number of hydrogen-bond donors (Lipinski definition) is 2. The summed E-state index contributed by atoms with van der Waals surface area (Å²) < 4.78 is 24.2. The Hall–Kier alpha value is -5.40. The average molecular weight is 803 g/mol. The van der Waals surface area contributed by atoms with Crippen molar-refractivity contribution in [2.75, 3.05) is 40.6 Å². The maximum Gasteiger partial charge on any atom is 0.137 e. The Morgan fingerprint density at radius 1 is 0.400 bits per heavy atom. The summed E-state index contributed by atoms with van der Waals surface area (Å²) in [7, 11) is 3.39. The minimum atomic E-state index is -0.154. The monoisotopic (exact) mass is 802 g/mol. The molecule has 60 heavy (non-hydrogen) atoms. The van der Waals surface area contributed by atoms with Gasteiger partial charge in [-0.05, 0) is 92.4 Å². The molecule has 2 N–H and O–H groups in total. The van der Waals surface area contributed by atoms with Crippen LogP contribution >= 0.6 is 0 Å². The standard InChI is InChI=1S/C54H62N2O4/c1-51(2,3)35-25-33-17-15-19-45(59-23-21-57-13)43-31-37(53(7,8)9)29-41-42-30-38(54(10,11)12)32-44(50(42)56-49(41)43)46(60-24-22-58-14)20-16-18-34-26-36(52(4,5)6)28-40-39(27-35)47(33)55-48(34)40/h19-20,25-32,55-56H,21-24H2,1-14H3. The Labute approximate surface area is 356 Å². The highest BCUT2D eigenvalue weighted by Crippen LogP contribution is 2.42. The first-order valence-electron chi connectivity index (χ1n) is 21.2. The molecule has 7 rings (SSSR count). The molecule has 0 amide bonds. The van der Waals surface area contributed by atoms with Gasteiger partial charge in [0, 0.05) is 69.4 Å². The molecular formula is C54H62N2O4. The van der Waals surface area contributed by atoms with Crippen LogP contribution in [0.2, 0.25) is 0 Å². The summed E-state index contributed by atoms with van der Waals surface area (Å²) in [5, 5.41) is 8.19. The summed E-state index contributed by atoms with van der Waals surface area (Å²) in [6.45, 7) is 28.6. The lowest BCUT2D eigenvalue weighted by Crippen LogP contribution is -2.11. The van der Waals surface area contributed by atoms with Gasteiger partial charge < -0.3 is 28.9 Å². The lowest BCUT2D eigenvalue weighted by Gasteiger charge is -2.21. The van der Waals surface area contributed by atoms with Crippen molar-refractivity contribution < 1.29 is 18.9 Å². The summed E-state index contributed by atoms with van der Waals surface area (Å²) in [4.78, 5) is 7.71. The van der Waals surface area contributed by atoms with E-state index < -0.39 is 0 Å². The summed E-state index contributed by atoms with van der Waals surface area (Å²) in [5.41, 5.74) is 8.18. The largest absolute Gasteiger partial charge is 0.490 e. The molecule has 6 heteroatoms. The van der Waals surface area contributed by atoms with E-state index in [0.29, 0.717) is 37.9 Å². The minimum absolute atomic E-state index is 0.110. The van der Waals surface area contributed by atoms with E-state index in [9.17, 15) is 0 Å². The van der Waals surface area contributed by atoms with Gasteiger partial charge in [-0.15, -0.1) is 0 Å². The number of H-pyrrole nitrogens is 2. The van der Waals surface area contributed by atoms with Crippen LogP contribution in [0.4, 0.5) is 0 Å². The fourth-order valence-corrected chi connectivity index (χ4v) is 7.75. The van der Waals surface area contributed by atoms with Crippen LogP contribution in [0.15, 0.2) is 60.7 Å². The second kappa shape index (κ2) is 15.9. The van der Waals surface area contributed by atoms with E-state index in [1.54, 1.807) is 14.2 Å². The lowest BCUT2D eigenvalue weighted by molar-refractivity contribution is 0.147. The van der Waals surface area contributed by atoms with Crippen LogP contribution in [0.1, 0.15) is 105 Å². The third kappa shape index (κ3) is 8.47. The number of nitrogens with one attached hydrogen (secondary N) is 2. The Kier molecular flexibility index (Phi) is 11.3. The Bertz CT molecular complexity index is 2640. The number of rotatable bonds is 8. The molecule has 312 valence electrons. The molecule has 0 spiro atoms. The number of ether oxygens (including phenoxy) is 4. The fraction of sp³-hybridized carbons (Fsp3) is 0.407. The number of benzene rings is 4. The molecule has 0 aliphatic carbocycles. The molecule has 4 aromatic carbocycles. The maximum atomic E-state index is 6.64. The van der Waals surface area contributed by atoms with Crippen molar-refractivity contribution in [2.45, 2.75) is 105 Å². The number of aromatic amines is 2. The molecule has 0 radical (unpaired) electrons. The minimum Gasteiger partial charge on any atom is -0.490 e. The third-order valence-corrected chi connectivity index (χ3v) is 11.5. The van der Waals surface area contributed by atoms with Crippen molar-refractivity contribution >= 4 is 65.2 Å². The van der Waals surface area contributed by atoms with E-state index in [0.717, 1.165) is 65.2 Å². The molecule has 7 aromatic rings. The average Bonchev–Trinajstić information content (AvgIpc) is 3.73. The second-order valence-corrected chi connectivity index (χ2v) is 20.3. The molecule has 6 nitrogen and oxygen atoms in total. The number of aromatic nitrogens is 2. The van der Waals surface area contributed by atoms with Crippen LogP contribution < -0.4 is 9.47 Å². The van der Waals surface area contributed by atoms with Crippen molar-refractivity contribution in [3.63, 3.8) is 0 Å². The van der Waals surface area contributed by atoms with Crippen LogP contribution in [0, 0.1) is 24.3 Å². The molecule has 0 saturated heterocycles. The van der Waals surface area contributed by atoms with E-state index in [1.165, 1.54) is 22.3 Å².